The van der Waals surface area contributed by atoms with E-state index in [9.17, 15) is 5.26 Å². The number of hydrogen-bond donors (Lipinski definition) is 1. The molecule has 0 radical (unpaired) electrons. The van der Waals surface area contributed by atoms with Crippen LogP contribution in [-0.2, 0) is 4.74 Å². The lowest BCUT2D eigenvalue weighted by Gasteiger charge is -2.23. The van der Waals surface area contributed by atoms with E-state index in [-0.39, 0.29) is 6.61 Å². The lowest BCUT2D eigenvalue weighted by molar-refractivity contribution is 0.0550. The summed E-state index contributed by atoms with van der Waals surface area (Å²) in [6.07, 6.45) is 6.55. The van der Waals surface area contributed by atoms with Gasteiger partial charge in [0.2, 0.25) is 0 Å². The maximum absolute atomic E-state index is 9.62. The third-order valence-electron chi connectivity index (χ3n) is 6.32. The molecule has 0 aliphatic carbocycles. The van der Waals surface area contributed by atoms with E-state index in [0.717, 1.165) is 42.9 Å². The first-order valence-corrected chi connectivity index (χ1v) is 11.8. The first-order valence-electron chi connectivity index (χ1n) is 11.4. The van der Waals surface area contributed by atoms with E-state index in [4.69, 9.17) is 21.1 Å². The molecule has 0 bridgehead atoms. The molecule has 1 aliphatic rings. The number of aromatic nitrogens is 6. The monoisotopic (exact) mass is 492 g/mol. The van der Waals surface area contributed by atoms with Gasteiger partial charge in [0.15, 0.2) is 0 Å². The Labute approximate surface area is 207 Å². The standard InChI is InChI=1S/C24H25ClN8O2/c1-15-22(30-31-33(15)18-5-8-27-9-6-18)16-10-20(24-17(11-26)12-29-32(24)13-16)35-14-21(34-2)23-19(25)4-3-7-28-23/h3-4,7,10,12-13,18,21,27H,5-6,8-9,14H2,1-2H3. The molecule has 0 spiro atoms. The molecule has 0 aromatic carbocycles. The van der Waals surface area contributed by atoms with Crippen molar-refractivity contribution in [3.8, 4) is 23.1 Å². The molecular weight excluding hydrogens is 468 g/mol. The first-order chi connectivity index (χ1) is 17.1. The molecule has 10 nitrogen and oxygen atoms in total. The van der Waals surface area contributed by atoms with Gasteiger partial charge in [-0.15, -0.1) is 5.10 Å². The van der Waals surface area contributed by atoms with Gasteiger partial charge in [0.25, 0.3) is 0 Å². The molecule has 1 N–H and O–H groups in total. The lowest BCUT2D eigenvalue weighted by Crippen LogP contribution is -2.30. The summed E-state index contributed by atoms with van der Waals surface area (Å²) in [6.45, 7) is 4.10. The molecule has 1 saturated heterocycles. The minimum absolute atomic E-state index is 0.142. The van der Waals surface area contributed by atoms with Crippen molar-refractivity contribution in [2.24, 2.45) is 0 Å². The summed E-state index contributed by atoms with van der Waals surface area (Å²) >= 11 is 6.32. The van der Waals surface area contributed by atoms with Crippen molar-refractivity contribution in [1.29, 1.82) is 5.26 Å². The zero-order valence-corrected chi connectivity index (χ0v) is 20.2. The zero-order chi connectivity index (χ0) is 24.4. The van der Waals surface area contributed by atoms with Gasteiger partial charge in [0.05, 0.1) is 28.6 Å². The van der Waals surface area contributed by atoms with E-state index in [1.807, 2.05) is 23.9 Å². The summed E-state index contributed by atoms with van der Waals surface area (Å²) in [5.74, 6) is 0.487. The smallest absolute Gasteiger partial charge is 0.147 e. The van der Waals surface area contributed by atoms with Gasteiger partial charge in [-0.1, -0.05) is 16.8 Å². The SMILES string of the molecule is COC(COc1cc(-c2nnn(C3CCNCC3)c2C)cn2ncc(C#N)c12)c1ncccc1Cl. The molecule has 180 valence electrons. The predicted molar refractivity (Wildman–Crippen MR) is 129 cm³/mol. The van der Waals surface area contributed by atoms with Crippen LogP contribution in [-0.4, -0.2) is 56.4 Å². The molecule has 11 heteroatoms. The summed E-state index contributed by atoms with van der Waals surface area (Å²) in [6, 6.07) is 7.89. The number of hydrogen-bond acceptors (Lipinski definition) is 8. The Bertz CT molecular complexity index is 1390. The van der Waals surface area contributed by atoms with Crippen LogP contribution in [0, 0.1) is 18.3 Å². The molecule has 5 rings (SSSR count). The minimum Gasteiger partial charge on any atom is -0.488 e. The Morgan fingerprint density at radius 1 is 1.34 bits per heavy atom. The topological polar surface area (TPSA) is 115 Å². The second-order valence-electron chi connectivity index (χ2n) is 8.41. The minimum atomic E-state index is -0.497. The van der Waals surface area contributed by atoms with Crippen LogP contribution in [0.15, 0.2) is 36.8 Å². The van der Waals surface area contributed by atoms with Gasteiger partial charge in [-0.25, -0.2) is 9.20 Å². The van der Waals surface area contributed by atoms with Crippen molar-refractivity contribution in [1.82, 2.24) is 34.9 Å². The summed E-state index contributed by atoms with van der Waals surface area (Å²) in [5, 5.41) is 26.8. The van der Waals surface area contributed by atoms with Gasteiger partial charge in [-0.05, 0) is 51.1 Å². The van der Waals surface area contributed by atoms with E-state index < -0.39 is 6.10 Å². The van der Waals surface area contributed by atoms with Crippen molar-refractivity contribution in [2.45, 2.75) is 31.9 Å². The lowest BCUT2D eigenvalue weighted by atomic mass is 10.1. The average molecular weight is 493 g/mol. The van der Waals surface area contributed by atoms with Crippen molar-refractivity contribution in [3.63, 3.8) is 0 Å². The highest BCUT2D eigenvalue weighted by molar-refractivity contribution is 6.31. The number of halogens is 1. The third-order valence-corrected chi connectivity index (χ3v) is 6.64. The molecule has 5 heterocycles. The summed E-state index contributed by atoms with van der Waals surface area (Å²) in [4.78, 5) is 4.34. The Balaban J connectivity index is 1.51. The van der Waals surface area contributed by atoms with Crippen molar-refractivity contribution >= 4 is 17.1 Å². The number of fused-ring (bicyclic) bond motifs is 1. The Morgan fingerprint density at radius 3 is 2.91 bits per heavy atom. The van der Waals surface area contributed by atoms with Crippen LogP contribution in [0.3, 0.4) is 0 Å². The number of nitrogens with one attached hydrogen (secondary N) is 1. The van der Waals surface area contributed by atoms with Crippen molar-refractivity contribution < 1.29 is 9.47 Å². The Kier molecular flexibility index (Phi) is 6.63. The van der Waals surface area contributed by atoms with E-state index in [0.29, 0.717) is 33.6 Å². The largest absolute Gasteiger partial charge is 0.488 e. The highest BCUT2D eigenvalue weighted by atomic mass is 35.5. The number of rotatable bonds is 7. The number of piperidine rings is 1. The summed E-state index contributed by atoms with van der Waals surface area (Å²) in [7, 11) is 1.58. The maximum Gasteiger partial charge on any atom is 0.147 e. The fourth-order valence-electron chi connectivity index (χ4n) is 4.47. The Hall–Kier alpha value is -3.52. The average Bonchev–Trinajstić information content (AvgIpc) is 3.49. The molecule has 4 aromatic heterocycles. The number of methoxy groups -OCH3 is 1. The van der Waals surface area contributed by atoms with E-state index in [1.54, 1.807) is 30.0 Å². The number of nitriles is 1. The van der Waals surface area contributed by atoms with E-state index >= 15 is 0 Å². The molecular formula is C24H25ClN8O2. The van der Waals surface area contributed by atoms with Crippen LogP contribution >= 0.6 is 11.6 Å². The number of ether oxygens (including phenoxy) is 2. The predicted octanol–water partition coefficient (Wildman–Crippen LogP) is 3.51. The van der Waals surface area contributed by atoms with Crippen LogP contribution in [0.5, 0.6) is 5.75 Å². The third kappa shape index (κ3) is 4.46. The van der Waals surface area contributed by atoms with Gasteiger partial charge in [-0.2, -0.15) is 10.4 Å². The molecule has 35 heavy (non-hydrogen) atoms. The van der Waals surface area contributed by atoms with Crippen LogP contribution in [0.2, 0.25) is 5.02 Å². The second-order valence-corrected chi connectivity index (χ2v) is 8.82. The molecule has 0 amide bonds. The zero-order valence-electron chi connectivity index (χ0n) is 19.5. The molecule has 0 saturated carbocycles. The van der Waals surface area contributed by atoms with Gasteiger partial charge in [0.1, 0.15) is 41.3 Å². The fourth-order valence-corrected chi connectivity index (χ4v) is 4.71. The summed E-state index contributed by atoms with van der Waals surface area (Å²) < 4.78 is 15.5. The normalized spacial score (nSPS) is 15.3. The second kappa shape index (κ2) is 10.00. The van der Waals surface area contributed by atoms with Crippen molar-refractivity contribution in [3.05, 3.63) is 58.8 Å². The molecule has 1 aliphatic heterocycles. The van der Waals surface area contributed by atoms with Crippen molar-refractivity contribution in [2.75, 3.05) is 26.8 Å². The molecule has 1 fully saturated rings. The molecule has 4 aromatic rings. The van der Waals surface area contributed by atoms with Gasteiger partial charge >= 0.3 is 0 Å². The number of nitrogens with zero attached hydrogens (tertiary/aromatic N) is 7. The van der Waals surface area contributed by atoms with Crippen LogP contribution in [0.1, 0.15) is 41.9 Å². The fraction of sp³-hybridized carbons (Fsp3) is 0.375. The van der Waals surface area contributed by atoms with Crippen LogP contribution in [0.25, 0.3) is 16.8 Å². The molecule has 1 unspecified atom stereocenters. The van der Waals surface area contributed by atoms with E-state index in [1.165, 1.54) is 6.20 Å². The molecule has 1 atom stereocenters. The van der Waals surface area contributed by atoms with Gasteiger partial charge < -0.3 is 14.8 Å². The first kappa shape index (κ1) is 23.2. The van der Waals surface area contributed by atoms with Crippen LogP contribution in [0.4, 0.5) is 0 Å². The van der Waals surface area contributed by atoms with Crippen LogP contribution < -0.4 is 10.1 Å². The van der Waals surface area contributed by atoms with E-state index in [2.05, 4.69) is 31.8 Å². The number of pyridine rings is 2. The van der Waals surface area contributed by atoms with Gasteiger partial charge in [0, 0.05) is 25.1 Å². The Morgan fingerprint density at radius 2 is 2.17 bits per heavy atom. The maximum atomic E-state index is 9.62. The highest BCUT2D eigenvalue weighted by Crippen LogP contribution is 2.33. The highest BCUT2D eigenvalue weighted by Gasteiger charge is 2.23. The summed E-state index contributed by atoms with van der Waals surface area (Å²) in [5.41, 5.74) is 4.08. The van der Waals surface area contributed by atoms with Gasteiger partial charge in [-0.3, -0.25) is 4.98 Å². The quantitative estimate of drug-likeness (QED) is 0.416.